The van der Waals surface area contributed by atoms with Crippen molar-refractivity contribution in [2.45, 2.75) is 45.1 Å². The summed E-state index contributed by atoms with van der Waals surface area (Å²) in [5, 5.41) is 11.0. The highest BCUT2D eigenvalue weighted by Crippen LogP contribution is 2.30. The Morgan fingerprint density at radius 1 is 0.867 bits per heavy atom. The number of rotatable bonds is 4. The van der Waals surface area contributed by atoms with Gasteiger partial charge in [0.25, 0.3) is 0 Å². The molecule has 1 aliphatic carbocycles. The fraction of sp³-hybridized carbons (Fsp3) is 0.346. The maximum atomic E-state index is 13.0. The smallest absolute Gasteiger partial charge is 0.185 e. The standard InChI is InChI=1S/C26H28ClNO2/c27-24-10-7-19(8-11-24)15-21-5-4-6-22(26(21)30)16-20-9-12-25(29)23(17-20)18-28-13-2-1-3-14-28/h7-12,15-17,29H,1-6,13-14,18H2/b21-15+,22-16+. The Bertz CT molecular complexity index is 969. The number of benzene rings is 2. The Hall–Kier alpha value is -2.36. The van der Waals surface area contributed by atoms with Gasteiger partial charge in [0.1, 0.15) is 5.75 Å². The quantitative estimate of drug-likeness (QED) is 0.593. The van der Waals surface area contributed by atoms with E-state index < -0.39 is 0 Å². The van der Waals surface area contributed by atoms with Crippen LogP contribution in [0.1, 0.15) is 55.2 Å². The molecule has 2 aromatic rings. The van der Waals surface area contributed by atoms with Gasteiger partial charge in [-0.3, -0.25) is 9.69 Å². The molecule has 0 aromatic heterocycles. The van der Waals surface area contributed by atoms with Gasteiger partial charge in [-0.15, -0.1) is 0 Å². The topological polar surface area (TPSA) is 40.5 Å². The summed E-state index contributed by atoms with van der Waals surface area (Å²) in [7, 11) is 0. The third-order valence-corrected chi connectivity index (χ3v) is 6.23. The molecule has 3 nitrogen and oxygen atoms in total. The van der Waals surface area contributed by atoms with Crippen LogP contribution in [0, 0.1) is 0 Å². The van der Waals surface area contributed by atoms with E-state index in [2.05, 4.69) is 4.90 Å². The van der Waals surface area contributed by atoms with Crippen molar-refractivity contribution in [2.24, 2.45) is 0 Å². The average molecular weight is 422 g/mol. The van der Waals surface area contributed by atoms with E-state index in [1.165, 1.54) is 19.3 Å². The van der Waals surface area contributed by atoms with Gasteiger partial charge in [0, 0.05) is 28.3 Å². The number of hydrogen-bond donors (Lipinski definition) is 1. The molecule has 4 heteroatoms. The number of carbonyl (C=O) groups excluding carboxylic acids is 1. The number of phenolic OH excluding ortho intramolecular Hbond substituents is 1. The van der Waals surface area contributed by atoms with Crippen LogP contribution in [0.5, 0.6) is 5.75 Å². The number of halogens is 1. The van der Waals surface area contributed by atoms with Gasteiger partial charge in [-0.1, -0.05) is 36.2 Å². The molecule has 1 aliphatic heterocycles. The van der Waals surface area contributed by atoms with Crippen molar-refractivity contribution in [3.8, 4) is 5.75 Å². The number of aromatic hydroxyl groups is 1. The number of hydrogen-bond acceptors (Lipinski definition) is 3. The monoisotopic (exact) mass is 421 g/mol. The molecular weight excluding hydrogens is 394 g/mol. The lowest BCUT2D eigenvalue weighted by Gasteiger charge is -2.26. The highest BCUT2D eigenvalue weighted by atomic mass is 35.5. The minimum Gasteiger partial charge on any atom is -0.508 e. The SMILES string of the molecule is O=C1/C(=C/c2ccc(Cl)cc2)CCC/C1=C\c1ccc(O)c(CN2CCCCC2)c1. The molecule has 0 atom stereocenters. The van der Waals surface area contributed by atoms with E-state index in [1.54, 1.807) is 6.07 Å². The van der Waals surface area contributed by atoms with Crippen LogP contribution in [0.2, 0.25) is 5.02 Å². The minimum atomic E-state index is 0.127. The first kappa shape index (κ1) is 20.9. The number of nitrogens with zero attached hydrogens (tertiary/aromatic N) is 1. The summed E-state index contributed by atoms with van der Waals surface area (Å²) in [6.07, 6.45) is 10.3. The summed E-state index contributed by atoms with van der Waals surface area (Å²) in [4.78, 5) is 15.4. The van der Waals surface area contributed by atoms with Gasteiger partial charge in [-0.05, 0) is 92.7 Å². The molecule has 1 heterocycles. The highest BCUT2D eigenvalue weighted by molar-refractivity contribution is 6.30. The molecule has 0 radical (unpaired) electrons. The third kappa shape index (κ3) is 5.21. The fourth-order valence-electron chi connectivity index (χ4n) is 4.32. The molecule has 4 rings (SSSR count). The summed E-state index contributed by atoms with van der Waals surface area (Å²) in [6.45, 7) is 2.93. The van der Waals surface area contributed by atoms with Crippen LogP contribution in [0.25, 0.3) is 12.2 Å². The first-order valence-electron chi connectivity index (χ1n) is 10.8. The Morgan fingerprint density at radius 2 is 1.50 bits per heavy atom. The molecule has 1 saturated carbocycles. The Balaban J connectivity index is 1.54. The zero-order chi connectivity index (χ0) is 20.9. The van der Waals surface area contributed by atoms with Crippen molar-refractivity contribution < 1.29 is 9.90 Å². The van der Waals surface area contributed by atoms with E-state index >= 15 is 0 Å². The molecule has 0 bridgehead atoms. The van der Waals surface area contributed by atoms with E-state index in [-0.39, 0.29) is 5.78 Å². The van der Waals surface area contributed by atoms with E-state index in [1.807, 2.05) is 48.6 Å². The maximum absolute atomic E-state index is 13.0. The van der Waals surface area contributed by atoms with Gasteiger partial charge < -0.3 is 5.11 Å². The first-order chi connectivity index (χ1) is 14.6. The van der Waals surface area contributed by atoms with E-state index in [4.69, 9.17) is 11.6 Å². The van der Waals surface area contributed by atoms with Crippen molar-refractivity contribution >= 4 is 29.5 Å². The Kier molecular flexibility index (Phi) is 6.71. The van der Waals surface area contributed by atoms with Crippen LogP contribution in [0.4, 0.5) is 0 Å². The van der Waals surface area contributed by atoms with Gasteiger partial charge in [-0.25, -0.2) is 0 Å². The predicted molar refractivity (Wildman–Crippen MR) is 123 cm³/mol. The zero-order valence-electron chi connectivity index (χ0n) is 17.2. The lowest BCUT2D eigenvalue weighted by atomic mass is 9.86. The van der Waals surface area contributed by atoms with Crippen LogP contribution in [-0.4, -0.2) is 28.9 Å². The number of likely N-dealkylation sites (tertiary alicyclic amines) is 1. The van der Waals surface area contributed by atoms with Gasteiger partial charge in [0.05, 0.1) is 0 Å². The van der Waals surface area contributed by atoms with Gasteiger partial charge in [-0.2, -0.15) is 0 Å². The van der Waals surface area contributed by atoms with Crippen LogP contribution in [0.15, 0.2) is 53.6 Å². The fourth-order valence-corrected chi connectivity index (χ4v) is 4.45. The van der Waals surface area contributed by atoms with Gasteiger partial charge >= 0.3 is 0 Å². The lowest BCUT2D eigenvalue weighted by molar-refractivity contribution is -0.112. The number of ketones is 1. The van der Waals surface area contributed by atoms with Crippen molar-refractivity contribution in [3.05, 3.63) is 75.3 Å². The molecule has 2 fully saturated rings. The van der Waals surface area contributed by atoms with E-state index in [0.717, 1.165) is 66.7 Å². The van der Waals surface area contributed by atoms with Gasteiger partial charge in [0.2, 0.25) is 0 Å². The number of allylic oxidation sites excluding steroid dienone is 2. The summed E-state index contributed by atoms with van der Waals surface area (Å²) < 4.78 is 0. The van der Waals surface area contributed by atoms with Crippen LogP contribution in [-0.2, 0) is 11.3 Å². The first-order valence-corrected chi connectivity index (χ1v) is 11.2. The van der Waals surface area contributed by atoms with Crippen molar-refractivity contribution in [3.63, 3.8) is 0 Å². The van der Waals surface area contributed by atoms with Crippen molar-refractivity contribution in [1.82, 2.24) is 4.90 Å². The second kappa shape index (κ2) is 9.63. The normalized spacial score (nSPS) is 20.8. The Labute approximate surface area is 183 Å². The number of carbonyl (C=O) groups is 1. The van der Waals surface area contributed by atoms with Crippen molar-refractivity contribution in [2.75, 3.05) is 13.1 Å². The van der Waals surface area contributed by atoms with E-state index in [9.17, 15) is 9.90 Å². The highest BCUT2D eigenvalue weighted by Gasteiger charge is 2.21. The second-order valence-electron chi connectivity index (χ2n) is 8.30. The average Bonchev–Trinajstić information content (AvgIpc) is 2.76. The largest absolute Gasteiger partial charge is 0.508 e. The van der Waals surface area contributed by atoms with E-state index in [0.29, 0.717) is 10.8 Å². The molecule has 0 unspecified atom stereocenters. The van der Waals surface area contributed by atoms with Crippen molar-refractivity contribution in [1.29, 1.82) is 0 Å². The summed E-state index contributed by atoms with van der Waals surface area (Å²) in [5.41, 5.74) is 4.61. The maximum Gasteiger partial charge on any atom is 0.185 e. The molecule has 0 amide bonds. The predicted octanol–water partition coefficient (Wildman–Crippen LogP) is 6.25. The molecule has 2 aromatic carbocycles. The summed E-state index contributed by atoms with van der Waals surface area (Å²) in [6, 6.07) is 13.2. The molecule has 0 spiro atoms. The van der Waals surface area contributed by atoms with Gasteiger partial charge in [0.15, 0.2) is 5.78 Å². The Morgan fingerprint density at radius 3 is 2.20 bits per heavy atom. The third-order valence-electron chi connectivity index (χ3n) is 5.97. The molecule has 156 valence electrons. The number of phenols is 1. The van der Waals surface area contributed by atoms with Crippen LogP contribution < -0.4 is 0 Å². The summed E-state index contributed by atoms with van der Waals surface area (Å²) >= 11 is 5.96. The minimum absolute atomic E-state index is 0.127. The molecular formula is C26H28ClNO2. The zero-order valence-corrected chi connectivity index (χ0v) is 18.0. The number of piperidine rings is 1. The molecule has 1 N–H and O–H groups in total. The number of Topliss-reactive ketones (excluding diaryl/α,β-unsaturated/α-hetero) is 1. The molecule has 30 heavy (non-hydrogen) atoms. The second-order valence-corrected chi connectivity index (χ2v) is 8.73. The lowest BCUT2D eigenvalue weighted by Crippen LogP contribution is -2.29. The molecule has 1 saturated heterocycles. The molecule has 2 aliphatic rings. The van der Waals surface area contributed by atoms with Crippen LogP contribution >= 0.6 is 11.6 Å². The van der Waals surface area contributed by atoms with Crippen LogP contribution in [0.3, 0.4) is 0 Å². The summed E-state index contributed by atoms with van der Waals surface area (Å²) in [5.74, 6) is 0.461.